The van der Waals surface area contributed by atoms with Crippen molar-refractivity contribution in [3.63, 3.8) is 0 Å². The molecule has 0 radical (unpaired) electrons. The molecule has 2 rings (SSSR count). The Morgan fingerprint density at radius 3 is 2.78 bits per heavy atom. The van der Waals surface area contributed by atoms with E-state index in [1.165, 1.54) is 23.8 Å². The molecule has 96 valence electrons. The van der Waals surface area contributed by atoms with Gasteiger partial charge in [-0.1, -0.05) is 38.5 Å². The molecule has 0 aliphatic carbocycles. The third kappa shape index (κ3) is 2.54. The Hall–Kier alpha value is -1.41. The van der Waals surface area contributed by atoms with Gasteiger partial charge in [-0.25, -0.2) is 0 Å². The highest BCUT2D eigenvalue weighted by Gasteiger charge is 2.18. The van der Waals surface area contributed by atoms with Crippen LogP contribution in [-0.2, 0) is 0 Å². The van der Waals surface area contributed by atoms with Gasteiger partial charge in [-0.2, -0.15) is 0 Å². The summed E-state index contributed by atoms with van der Waals surface area (Å²) in [5.41, 5.74) is 2.45. The molecule has 0 aliphatic rings. The molecule has 18 heavy (non-hydrogen) atoms. The van der Waals surface area contributed by atoms with Gasteiger partial charge in [-0.3, -0.25) is 4.98 Å². The first-order chi connectivity index (χ1) is 8.77. The molecule has 1 aromatic carbocycles. The first-order valence-corrected chi connectivity index (χ1v) is 6.78. The van der Waals surface area contributed by atoms with Crippen molar-refractivity contribution in [2.24, 2.45) is 5.92 Å². The van der Waals surface area contributed by atoms with E-state index in [0.717, 1.165) is 5.52 Å². The highest BCUT2D eigenvalue weighted by molar-refractivity contribution is 5.82. The van der Waals surface area contributed by atoms with Gasteiger partial charge < -0.3 is 5.32 Å². The van der Waals surface area contributed by atoms with Crippen molar-refractivity contribution in [3.8, 4) is 0 Å². The summed E-state index contributed by atoms with van der Waals surface area (Å²) in [7, 11) is 2.05. The summed E-state index contributed by atoms with van der Waals surface area (Å²) >= 11 is 0. The van der Waals surface area contributed by atoms with E-state index in [2.05, 4.69) is 48.4 Å². The molecule has 0 saturated heterocycles. The zero-order chi connectivity index (χ0) is 13.0. The second-order valence-corrected chi connectivity index (χ2v) is 4.95. The van der Waals surface area contributed by atoms with Crippen molar-refractivity contribution in [1.29, 1.82) is 0 Å². The molecule has 2 nitrogen and oxygen atoms in total. The average Bonchev–Trinajstić information content (AvgIpc) is 2.40. The minimum absolute atomic E-state index is 0.401. The maximum absolute atomic E-state index is 4.44. The second kappa shape index (κ2) is 5.96. The highest BCUT2D eigenvalue weighted by atomic mass is 14.9. The van der Waals surface area contributed by atoms with Crippen molar-refractivity contribution in [2.45, 2.75) is 32.7 Å². The molecular weight excluding hydrogens is 220 g/mol. The van der Waals surface area contributed by atoms with Crippen LogP contribution in [0.5, 0.6) is 0 Å². The number of rotatable bonds is 5. The first-order valence-electron chi connectivity index (χ1n) is 6.78. The molecule has 0 bridgehead atoms. The Morgan fingerprint density at radius 1 is 1.22 bits per heavy atom. The fourth-order valence-corrected chi connectivity index (χ4v) is 2.77. The minimum Gasteiger partial charge on any atom is -0.313 e. The van der Waals surface area contributed by atoms with Gasteiger partial charge in [0, 0.05) is 17.6 Å². The Balaban J connectivity index is 2.44. The standard InChI is InChI=1S/C16H22N2/c1-4-7-12(2)16(17-3)14-8-5-10-15-13(14)9-6-11-18-15/h5-6,8-12,16-17H,4,7H2,1-3H3. The maximum Gasteiger partial charge on any atom is 0.0705 e. The molecule has 1 aromatic heterocycles. The summed E-state index contributed by atoms with van der Waals surface area (Å²) in [4.78, 5) is 4.44. The Kier molecular flexibility index (Phi) is 4.32. The van der Waals surface area contributed by atoms with Gasteiger partial charge in [-0.15, -0.1) is 0 Å². The molecule has 0 saturated carbocycles. The van der Waals surface area contributed by atoms with Crippen molar-refractivity contribution in [1.82, 2.24) is 10.3 Å². The molecule has 0 amide bonds. The summed E-state index contributed by atoms with van der Waals surface area (Å²) in [6.07, 6.45) is 4.32. The third-order valence-corrected chi connectivity index (χ3v) is 3.64. The third-order valence-electron chi connectivity index (χ3n) is 3.64. The van der Waals surface area contributed by atoms with E-state index in [1.807, 2.05) is 19.3 Å². The van der Waals surface area contributed by atoms with Crippen LogP contribution < -0.4 is 5.32 Å². The summed E-state index contributed by atoms with van der Waals surface area (Å²) in [5.74, 6) is 0.630. The predicted molar refractivity (Wildman–Crippen MR) is 77.6 cm³/mol. The van der Waals surface area contributed by atoms with Crippen LogP contribution >= 0.6 is 0 Å². The first kappa shape index (κ1) is 13.0. The molecule has 1 N–H and O–H groups in total. The highest BCUT2D eigenvalue weighted by Crippen LogP contribution is 2.30. The SMILES string of the molecule is CCCC(C)C(NC)c1cccc2ncccc12. The molecule has 0 aliphatic heterocycles. The molecule has 0 spiro atoms. The lowest BCUT2D eigenvalue weighted by Crippen LogP contribution is -2.23. The average molecular weight is 242 g/mol. The molecule has 2 aromatic rings. The van der Waals surface area contributed by atoms with Gasteiger partial charge in [0.2, 0.25) is 0 Å². The van der Waals surface area contributed by atoms with E-state index in [1.54, 1.807) is 0 Å². The van der Waals surface area contributed by atoms with Crippen molar-refractivity contribution >= 4 is 10.9 Å². The van der Waals surface area contributed by atoms with Gasteiger partial charge >= 0.3 is 0 Å². The van der Waals surface area contributed by atoms with E-state index in [-0.39, 0.29) is 0 Å². The van der Waals surface area contributed by atoms with E-state index in [0.29, 0.717) is 12.0 Å². The van der Waals surface area contributed by atoms with Crippen molar-refractivity contribution in [2.75, 3.05) is 7.05 Å². The maximum atomic E-state index is 4.44. The van der Waals surface area contributed by atoms with Crippen molar-refractivity contribution < 1.29 is 0 Å². The van der Waals surface area contributed by atoms with Gasteiger partial charge in [0.15, 0.2) is 0 Å². The number of pyridine rings is 1. The van der Waals surface area contributed by atoms with Crippen LogP contribution in [0.2, 0.25) is 0 Å². The number of nitrogens with zero attached hydrogens (tertiary/aromatic N) is 1. The molecule has 0 fully saturated rings. The van der Waals surface area contributed by atoms with Gasteiger partial charge in [0.25, 0.3) is 0 Å². The van der Waals surface area contributed by atoms with E-state index >= 15 is 0 Å². The lowest BCUT2D eigenvalue weighted by Gasteiger charge is -2.25. The number of hydrogen-bond acceptors (Lipinski definition) is 2. The van der Waals surface area contributed by atoms with Crippen LogP contribution in [0, 0.1) is 5.92 Å². The summed E-state index contributed by atoms with van der Waals surface area (Å²) in [6.45, 7) is 4.56. The monoisotopic (exact) mass is 242 g/mol. The quantitative estimate of drug-likeness (QED) is 0.859. The molecule has 2 unspecified atom stereocenters. The molecule has 1 heterocycles. The molecule has 2 heteroatoms. The number of hydrogen-bond donors (Lipinski definition) is 1. The van der Waals surface area contributed by atoms with Crippen LogP contribution in [0.4, 0.5) is 0 Å². The Bertz CT molecular complexity index is 502. The summed E-state index contributed by atoms with van der Waals surface area (Å²) in [5, 5.41) is 4.73. The van der Waals surface area contributed by atoms with Crippen LogP contribution in [0.25, 0.3) is 10.9 Å². The van der Waals surface area contributed by atoms with Crippen LogP contribution in [0.3, 0.4) is 0 Å². The Labute approximate surface area is 109 Å². The smallest absolute Gasteiger partial charge is 0.0705 e. The summed E-state index contributed by atoms with van der Waals surface area (Å²) in [6, 6.07) is 11.0. The predicted octanol–water partition coefficient (Wildman–Crippen LogP) is 3.93. The van der Waals surface area contributed by atoms with E-state index in [9.17, 15) is 0 Å². The second-order valence-electron chi connectivity index (χ2n) is 4.95. The Morgan fingerprint density at radius 2 is 2.06 bits per heavy atom. The fraction of sp³-hybridized carbons (Fsp3) is 0.438. The van der Waals surface area contributed by atoms with Gasteiger partial charge in [-0.05, 0) is 37.1 Å². The van der Waals surface area contributed by atoms with E-state index < -0.39 is 0 Å². The number of benzene rings is 1. The van der Waals surface area contributed by atoms with Gasteiger partial charge in [0.05, 0.1) is 5.52 Å². The largest absolute Gasteiger partial charge is 0.313 e. The summed E-state index contributed by atoms with van der Waals surface area (Å²) < 4.78 is 0. The lowest BCUT2D eigenvalue weighted by atomic mass is 9.89. The zero-order valence-electron chi connectivity index (χ0n) is 11.5. The fourth-order valence-electron chi connectivity index (χ4n) is 2.77. The minimum atomic E-state index is 0.401. The van der Waals surface area contributed by atoms with Crippen LogP contribution in [0.15, 0.2) is 36.5 Å². The van der Waals surface area contributed by atoms with Crippen LogP contribution in [-0.4, -0.2) is 12.0 Å². The van der Waals surface area contributed by atoms with Crippen molar-refractivity contribution in [3.05, 3.63) is 42.1 Å². The normalized spacial score (nSPS) is 14.6. The number of fused-ring (bicyclic) bond motifs is 1. The van der Waals surface area contributed by atoms with Crippen LogP contribution in [0.1, 0.15) is 38.3 Å². The van der Waals surface area contributed by atoms with Gasteiger partial charge in [0.1, 0.15) is 0 Å². The number of aromatic nitrogens is 1. The molecule has 2 atom stereocenters. The van der Waals surface area contributed by atoms with E-state index in [4.69, 9.17) is 0 Å². The molecular formula is C16H22N2. The number of nitrogens with one attached hydrogen (secondary N) is 1. The zero-order valence-corrected chi connectivity index (χ0v) is 11.5. The lowest BCUT2D eigenvalue weighted by molar-refractivity contribution is 0.386. The topological polar surface area (TPSA) is 24.9 Å².